The average molecular weight is 310 g/mol. The van der Waals surface area contributed by atoms with Crippen LogP contribution in [0.5, 0.6) is 11.6 Å². The Morgan fingerprint density at radius 2 is 2.00 bits per heavy atom. The third-order valence-corrected chi connectivity index (χ3v) is 2.52. The largest absolute Gasteiger partial charge is 0.434 e. The van der Waals surface area contributed by atoms with Crippen LogP contribution >= 0.6 is 15.9 Å². The Balaban J connectivity index is 2.34. The molecule has 6 nitrogen and oxygen atoms in total. The van der Waals surface area contributed by atoms with E-state index in [4.69, 9.17) is 10.5 Å². The van der Waals surface area contributed by atoms with Crippen LogP contribution in [0.3, 0.4) is 0 Å². The van der Waals surface area contributed by atoms with Crippen LogP contribution in [0.1, 0.15) is 0 Å². The van der Waals surface area contributed by atoms with Gasteiger partial charge in [-0.2, -0.15) is 0 Å². The van der Waals surface area contributed by atoms with Crippen molar-refractivity contribution in [3.8, 4) is 11.6 Å². The number of nitrogens with zero attached hydrogens (tertiary/aromatic N) is 2. The maximum atomic E-state index is 10.9. The van der Waals surface area contributed by atoms with E-state index in [1.165, 1.54) is 12.3 Å². The van der Waals surface area contributed by atoms with Crippen LogP contribution in [-0.2, 0) is 0 Å². The molecule has 0 saturated heterocycles. The smallest absolute Gasteiger partial charge is 0.332 e. The number of aromatic nitrogens is 1. The summed E-state index contributed by atoms with van der Waals surface area (Å²) in [7, 11) is 0. The van der Waals surface area contributed by atoms with E-state index in [0.29, 0.717) is 15.9 Å². The summed E-state index contributed by atoms with van der Waals surface area (Å²) in [5.41, 5.74) is 5.91. The summed E-state index contributed by atoms with van der Waals surface area (Å²) >= 11 is 3.12. The summed E-state index contributed by atoms with van der Waals surface area (Å²) in [5.74, 6) is 0.370. The number of halogens is 1. The number of rotatable bonds is 3. The quantitative estimate of drug-likeness (QED) is 0.534. The molecule has 7 heteroatoms. The van der Waals surface area contributed by atoms with Crippen LogP contribution < -0.4 is 10.5 Å². The van der Waals surface area contributed by atoms with Gasteiger partial charge in [0.25, 0.3) is 5.88 Å². The number of ether oxygens (including phenoxy) is 1. The molecule has 1 aromatic carbocycles. The predicted octanol–water partition coefficient (Wildman–Crippen LogP) is 3.13. The minimum atomic E-state index is -0.551. The van der Waals surface area contributed by atoms with Gasteiger partial charge in [-0.25, -0.2) is 4.98 Å². The fraction of sp³-hybridized carbons (Fsp3) is 0. The number of nitrogens with two attached hydrogens (primary N) is 1. The maximum absolute atomic E-state index is 10.9. The van der Waals surface area contributed by atoms with Gasteiger partial charge in [0.1, 0.15) is 5.75 Å². The lowest BCUT2D eigenvalue weighted by Crippen LogP contribution is -1.96. The van der Waals surface area contributed by atoms with Crippen molar-refractivity contribution < 1.29 is 9.66 Å². The topological polar surface area (TPSA) is 91.3 Å². The van der Waals surface area contributed by atoms with Crippen molar-refractivity contribution in [1.82, 2.24) is 4.98 Å². The van der Waals surface area contributed by atoms with E-state index in [-0.39, 0.29) is 11.6 Å². The molecule has 0 atom stereocenters. The molecule has 0 aliphatic carbocycles. The number of pyridine rings is 1. The second-order valence-corrected chi connectivity index (χ2v) is 4.32. The molecule has 0 aliphatic heterocycles. The maximum Gasteiger partial charge on any atom is 0.332 e. The molecule has 0 spiro atoms. The number of benzene rings is 1. The fourth-order valence-corrected chi connectivity index (χ4v) is 1.59. The average Bonchev–Trinajstić information content (AvgIpc) is 2.34. The number of anilines is 1. The zero-order valence-electron chi connectivity index (χ0n) is 9.04. The highest BCUT2D eigenvalue weighted by atomic mass is 79.9. The molecule has 1 aromatic heterocycles. The van der Waals surface area contributed by atoms with Crippen molar-refractivity contribution >= 4 is 27.3 Å². The molecule has 0 amide bonds. The highest BCUT2D eigenvalue weighted by Gasteiger charge is 2.18. The Labute approximate surface area is 111 Å². The fourth-order valence-electron chi connectivity index (χ4n) is 1.27. The highest BCUT2D eigenvalue weighted by molar-refractivity contribution is 9.10. The van der Waals surface area contributed by atoms with Gasteiger partial charge in [-0.05, 0) is 40.2 Å². The van der Waals surface area contributed by atoms with Crippen molar-refractivity contribution in [2.75, 3.05) is 5.73 Å². The lowest BCUT2D eigenvalue weighted by molar-refractivity contribution is -0.386. The lowest BCUT2D eigenvalue weighted by atomic mass is 10.3. The van der Waals surface area contributed by atoms with Crippen LogP contribution in [-0.4, -0.2) is 9.91 Å². The van der Waals surface area contributed by atoms with E-state index in [9.17, 15) is 10.1 Å². The third kappa shape index (κ3) is 2.75. The van der Waals surface area contributed by atoms with Crippen LogP contribution in [0.4, 0.5) is 11.4 Å². The summed E-state index contributed by atoms with van der Waals surface area (Å²) in [6.07, 6.45) is 1.43. The Bertz CT molecular complexity index is 587. The van der Waals surface area contributed by atoms with Crippen molar-refractivity contribution in [2.24, 2.45) is 0 Å². The first-order valence-electron chi connectivity index (χ1n) is 4.89. The monoisotopic (exact) mass is 309 g/mol. The predicted molar refractivity (Wildman–Crippen MR) is 69.5 cm³/mol. The van der Waals surface area contributed by atoms with Gasteiger partial charge in [0.2, 0.25) is 0 Å². The summed E-state index contributed by atoms with van der Waals surface area (Å²) < 4.78 is 5.86. The molecule has 0 fully saturated rings. The number of nitrogen functional groups attached to an aromatic ring is 1. The minimum absolute atomic E-state index is 0.0621. The highest BCUT2D eigenvalue weighted by Crippen LogP contribution is 2.31. The van der Waals surface area contributed by atoms with Crippen LogP contribution in [0.2, 0.25) is 0 Å². The summed E-state index contributed by atoms with van der Waals surface area (Å²) in [6, 6.07) is 7.84. The molecular weight excluding hydrogens is 302 g/mol. The van der Waals surface area contributed by atoms with Gasteiger partial charge in [0, 0.05) is 22.4 Å². The summed E-state index contributed by atoms with van der Waals surface area (Å²) in [6.45, 7) is 0. The van der Waals surface area contributed by atoms with Crippen LogP contribution in [0.25, 0.3) is 0 Å². The minimum Gasteiger partial charge on any atom is -0.434 e. The Morgan fingerprint density at radius 3 is 2.61 bits per heavy atom. The molecule has 0 radical (unpaired) electrons. The van der Waals surface area contributed by atoms with Gasteiger partial charge in [-0.3, -0.25) is 10.1 Å². The summed E-state index contributed by atoms with van der Waals surface area (Å²) in [4.78, 5) is 14.2. The molecule has 0 unspecified atom stereocenters. The first kappa shape index (κ1) is 12.3. The SMILES string of the molecule is Nc1ccc(Oc2ncc(Br)cc2[N+](=O)[O-])cc1. The molecule has 2 rings (SSSR count). The van der Waals surface area contributed by atoms with Crippen LogP contribution in [0, 0.1) is 10.1 Å². The van der Waals surface area contributed by atoms with E-state index in [0.717, 1.165) is 0 Å². The van der Waals surface area contributed by atoms with Gasteiger partial charge in [0.05, 0.1) is 4.92 Å². The van der Waals surface area contributed by atoms with E-state index in [1.54, 1.807) is 24.3 Å². The standard InChI is InChI=1S/C11H8BrN3O3/c12-7-5-10(15(16)17)11(14-6-7)18-9-3-1-8(13)2-4-9/h1-6H,13H2. The molecule has 2 aromatic rings. The molecule has 92 valence electrons. The normalized spacial score (nSPS) is 10.1. The van der Waals surface area contributed by atoms with E-state index < -0.39 is 4.92 Å². The van der Waals surface area contributed by atoms with E-state index in [2.05, 4.69) is 20.9 Å². The van der Waals surface area contributed by atoms with Crippen molar-refractivity contribution in [2.45, 2.75) is 0 Å². The Hall–Kier alpha value is -2.15. The van der Waals surface area contributed by atoms with Gasteiger partial charge in [-0.1, -0.05) is 0 Å². The second-order valence-electron chi connectivity index (χ2n) is 3.41. The summed E-state index contributed by atoms with van der Waals surface area (Å²) in [5, 5.41) is 10.9. The van der Waals surface area contributed by atoms with Gasteiger partial charge in [0.15, 0.2) is 0 Å². The van der Waals surface area contributed by atoms with Gasteiger partial charge >= 0.3 is 5.69 Å². The molecule has 18 heavy (non-hydrogen) atoms. The number of nitro groups is 1. The lowest BCUT2D eigenvalue weighted by Gasteiger charge is -2.05. The number of hydrogen-bond acceptors (Lipinski definition) is 5. The second kappa shape index (κ2) is 5.01. The first-order chi connectivity index (χ1) is 8.56. The zero-order chi connectivity index (χ0) is 13.1. The molecule has 1 heterocycles. The van der Waals surface area contributed by atoms with Gasteiger partial charge < -0.3 is 10.5 Å². The molecule has 0 bridgehead atoms. The van der Waals surface area contributed by atoms with Crippen LogP contribution in [0.15, 0.2) is 41.0 Å². The van der Waals surface area contributed by atoms with E-state index in [1.807, 2.05) is 0 Å². The van der Waals surface area contributed by atoms with Gasteiger partial charge in [-0.15, -0.1) is 0 Å². The third-order valence-electron chi connectivity index (χ3n) is 2.09. The van der Waals surface area contributed by atoms with E-state index >= 15 is 0 Å². The molecular formula is C11H8BrN3O3. The van der Waals surface area contributed by atoms with Crippen molar-refractivity contribution in [3.05, 3.63) is 51.1 Å². The molecule has 0 aliphatic rings. The molecule has 0 saturated carbocycles. The first-order valence-corrected chi connectivity index (χ1v) is 5.69. The van der Waals surface area contributed by atoms with Crippen molar-refractivity contribution in [1.29, 1.82) is 0 Å². The Morgan fingerprint density at radius 1 is 1.33 bits per heavy atom. The zero-order valence-corrected chi connectivity index (χ0v) is 10.6. The molecule has 2 N–H and O–H groups in total. The van der Waals surface area contributed by atoms with Crippen molar-refractivity contribution in [3.63, 3.8) is 0 Å². The Kier molecular flexibility index (Phi) is 3.42. The number of hydrogen-bond donors (Lipinski definition) is 1.